The third kappa shape index (κ3) is 6.39. The van der Waals surface area contributed by atoms with Gasteiger partial charge in [-0.3, -0.25) is 9.59 Å². The van der Waals surface area contributed by atoms with Gasteiger partial charge in [0, 0.05) is 22.3 Å². The smallest absolute Gasteiger partial charge is 0.194 e. The number of hydrogen-bond donors (Lipinski definition) is 0. The fraction of sp³-hybridized carbons (Fsp3) is 0.481. The topological polar surface area (TPSA) is 34.1 Å². The van der Waals surface area contributed by atoms with E-state index in [0.717, 1.165) is 43.2 Å². The highest BCUT2D eigenvalue weighted by atomic mass is 16.1. The molecule has 1 aromatic carbocycles. The second-order valence-corrected chi connectivity index (χ2v) is 9.14. The number of Topliss-reactive ketones (excluding diaryl/α,β-unsaturated/α-hetero) is 2. The quantitative estimate of drug-likeness (QED) is 0.391. The first-order chi connectivity index (χ1) is 13.7. The van der Waals surface area contributed by atoms with Gasteiger partial charge in [-0.2, -0.15) is 0 Å². The molecule has 1 aliphatic rings. The normalized spacial score (nSPS) is 14.4. The van der Waals surface area contributed by atoms with Crippen molar-refractivity contribution in [3.63, 3.8) is 0 Å². The summed E-state index contributed by atoms with van der Waals surface area (Å²) in [5.41, 5.74) is 4.25. The molecular formula is C27H36O2. The number of ketones is 2. The van der Waals surface area contributed by atoms with Gasteiger partial charge in [0.05, 0.1) is 0 Å². The molecule has 1 aliphatic carbocycles. The summed E-state index contributed by atoms with van der Waals surface area (Å²) in [7, 11) is 0. The Morgan fingerprint density at radius 3 is 2.28 bits per heavy atom. The van der Waals surface area contributed by atoms with Gasteiger partial charge in [0.2, 0.25) is 0 Å². The Morgan fingerprint density at radius 1 is 0.966 bits per heavy atom. The van der Waals surface area contributed by atoms with E-state index >= 15 is 0 Å². The molecule has 0 spiro atoms. The van der Waals surface area contributed by atoms with Crippen molar-refractivity contribution in [1.29, 1.82) is 0 Å². The van der Waals surface area contributed by atoms with Gasteiger partial charge in [0.25, 0.3) is 0 Å². The molecule has 0 saturated heterocycles. The Bertz CT molecular complexity index is 834. The molecule has 0 radical (unpaired) electrons. The summed E-state index contributed by atoms with van der Waals surface area (Å²) in [5, 5.41) is 0. The number of fused-ring (bicyclic) bond motifs is 1. The number of hydrogen-bond acceptors (Lipinski definition) is 2. The summed E-state index contributed by atoms with van der Waals surface area (Å²) >= 11 is 0. The van der Waals surface area contributed by atoms with E-state index in [9.17, 15) is 9.59 Å². The van der Waals surface area contributed by atoms with Crippen LogP contribution in [0.5, 0.6) is 0 Å². The maximum atomic E-state index is 13.1. The number of allylic oxidation sites excluding steroid dienone is 5. The van der Waals surface area contributed by atoms with E-state index in [1.807, 2.05) is 24.3 Å². The summed E-state index contributed by atoms with van der Waals surface area (Å²) in [4.78, 5) is 25.9. The zero-order valence-corrected chi connectivity index (χ0v) is 18.8. The van der Waals surface area contributed by atoms with Gasteiger partial charge in [0.15, 0.2) is 11.6 Å². The molecule has 0 saturated carbocycles. The maximum Gasteiger partial charge on any atom is 0.194 e. The second kappa shape index (κ2) is 10.5. The van der Waals surface area contributed by atoms with Crippen molar-refractivity contribution in [2.24, 2.45) is 11.8 Å². The molecule has 2 heteroatoms. The maximum absolute atomic E-state index is 13.1. The molecule has 0 amide bonds. The first-order valence-corrected chi connectivity index (χ1v) is 11.0. The van der Waals surface area contributed by atoms with Crippen LogP contribution in [0, 0.1) is 11.8 Å². The van der Waals surface area contributed by atoms with E-state index in [1.165, 1.54) is 6.42 Å². The Kier molecular flexibility index (Phi) is 8.37. The first-order valence-electron chi connectivity index (χ1n) is 11.0. The molecule has 29 heavy (non-hydrogen) atoms. The Morgan fingerprint density at radius 2 is 1.62 bits per heavy atom. The van der Waals surface area contributed by atoms with Crippen LogP contribution < -0.4 is 0 Å². The first kappa shape index (κ1) is 23.1. The summed E-state index contributed by atoms with van der Waals surface area (Å²) in [6, 6.07) is 5.75. The summed E-state index contributed by atoms with van der Waals surface area (Å²) in [6.07, 6.45) is 10.1. The zero-order chi connectivity index (χ0) is 21.6. The van der Waals surface area contributed by atoms with Crippen LogP contribution in [0.15, 0.2) is 53.6 Å². The van der Waals surface area contributed by atoms with Gasteiger partial charge < -0.3 is 0 Å². The molecule has 0 aliphatic heterocycles. The fourth-order valence-corrected chi connectivity index (χ4v) is 3.71. The van der Waals surface area contributed by atoms with Crippen LogP contribution in [0.4, 0.5) is 0 Å². The van der Waals surface area contributed by atoms with E-state index in [2.05, 4.69) is 34.3 Å². The SMILES string of the molecule is C=C(C=CC1=C(C)C(=O)c2ccc(CCCC(C)C)cc2C1=O)CCCC(C)C. The van der Waals surface area contributed by atoms with Gasteiger partial charge in [-0.25, -0.2) is 0 Å². The summed E-state index contributed by atoms with van der Waals surface area (Å²) in [5.74, 6) is 1.26. The van der Waals surface area contributed by atoms with Crippen LogP contribution in [0.1, 0.15) is 93.0 Å². The lowest BCUT2D eigenvalue weighted by Crippen LogP contribution is -2.20. The Balaban J connectivity index is 2.16. The minimum absolute atomic E-state index is 0.0431. The molecule has 2 nitrogen and oxygen atoms in total. The van der Waals surface area contributed by atoms with Gasteiger partial charge in [0.1, 0.15) is 0 Å². The lowest BCUT2D eigenvalue weighted by atomic mass is 9.83. The third-order valence-corrected chi connectivity index (χ3v) is 5.57. The van der Waals surface area contributed by atoms with Crippen molar-refractivity contribution in [3.8, 4) is 0 Å². The zero-order valence-electron chi connectivity index (χ0n) is 18.8. The molecule has 0 unspecified atom stereocenters. The fourth-order valence-electron chi connectivity index (χ4n) is 3.71. The van der Waals surface area contributed by atoms with E-state index in [4.69, 9.17) is 0 Å². The lowest BCUT2D eigenvalue weighted by Gasteiger charge is -2.18. The highest BCUT2D eigenvalue weighted by Gasteiger charge is 2.28. The monoisotopic (exact) mass is 392 g/mol. The van der Waals surface area contributed by atoms with Crippen molar-refractivity contribution < 1.29 is 9.59 Å². The average molecular weight is 393 g/mol. The minimum Gasteiger partial charge on any atom is -0.289 e. The van der Waals surface area contributed by atoms with Crippen LogP contribution in [0.3, 0.4) is 0 Å². The summed E-state index contributed by atoms with van der Waals surface area (Å²) < 4.78 is 0. The largest absolute Gasteiger partial charge is 0.289 e. The molecule has 0 bridgehead atoms. The highest BCUT2D eigenvalue weighted by Crippen LogP contribution is 2.29. The molecule has 156 valence electrons. The number of rotatable bonds is 10. The molecule has 0 heterocycles. The molecule has 2 rings (SSSR count). The van der Waals surface area contributed by atoms with E-state index in [1.54, 1.807) is 13.0 Å². The van der Waals surface area contributed by atoms with Crippen molar-refractivity contribution in [1.82, 2.24) is 0 Å². The molecule has 0 atom stereocenters. The number of carbonyl (C=O) groups excluding carboxylic acids is 2. The van der Waals surface area contributed by atoms with Crippen molar-refractivity contribution in [3.05, 3.63) is 70.3 Å². The van der Waals surface area contributed by atoms with Crippen LogP contribution in [0.2, 0.25) is 0 Å². The van der Waals surface area contributed by atoms with Crippen molar-refractivity contribution in [2.75, 3.05) is 0 Å². The van der Waals surface area contributed by atoms with Crippen LogP contribution in [-0.4, -0.2) is 11.6 Å². The Labute approximate surface area is 176 Å². The number of carbonyl (C=O) groups is 2. The van der Waals surface area contributed by atoms with Gasteiger partial charge in [-0.1, -0.05) is 77.0 Å². The number of aryl methyl sites for hydroxylation is 1. The van der Waals surface area contributed by atoms with Crippen molar-refractivity contribution >= 4 is 11.6 Å². The predicted molar refractivity (Wildman–Crippen MR) is 123 cm³/mol. The minimum atomic E-state index is -0.0472. The highest BCUT2D eigenvalue weighted by molar-refractivity contribution is 6.27. The summed E-state index contributed by atoms with van der Waals surface area (Å²) in [6.45, 7) is 14.7. The standard InChI is InChI=1S/C27H36O2/c1-18(2)9-7-11-20(5)13-15-23-21(6)26(28)24-16-14-22(12-8-10-19(3)4)17-25(24)27(23)29/h13-19H,5,7-12H2,1-4,6H3. The van der Waals surface area contributed by atoms with E-state index < -0.39 is 0 Å². The third-order valence-electron chi connectivity index (χ3n) is 5.57. The molecular weight excluding hydrogens is 356 g/mol. The van der Waals surface area contributed by atoms with Crippen molar-refractivity contribution in [2.45, 2.75) is 73.1 Å². The van der Waals surface area contributed by atoms with Crippen LogP contribution >= 0.6 is 0 Å². The number of benzene rings is 1. The molecule has 0 N–H and O–H groups in total. The molecule has 1 aromatic rings. The van der Waals surface area contributed by atoms with Crippen LogP contribution in [-0.2, 0) is 6.42 Å². The average Bonchev–Trinajstić information content (AvgIpc) is 2.65. The van der Waals surface area contributed by atoms with Crippen LogP contribution in [0.25, 0.3) is 0 Å². The lowest BCUT2D eigenvalue weighted by molar-refractivity contribution is 0.0977. The van der Waals surface area contributed by atoms with Gasteiger partial charge in [-0.15, -0.1) is 0 Å². The second-order valence-electron chi connectivity index (χ2n) is 9.14. The Hall–Kier alpha value is -2.22. The molecule has 0 fully saturated rings. The molecule has 0 aromatic heterocycles. The van der Waals surface area contributed by atoms with Gasteiger partial charge in [-0.05, 0) is 56.1 Å². The predicted octanol–water partition coefficient (Wildman–Crippen LogP) is 7.30. The van der Waals surface area contributed by atoms with Gasteiger partial charge >= 0.3 is 0 Å². The van der Waals surface area contributed by atoms with E-state index in [-0.39, 0.29) is 11.6 Å². The van der Waals surface area contributed by atoms with E-state index in [0.29, 0.717) is 34.1 Å².